The van der Waals surface area contributed by atoms with E-state index < -0.39 is 0 Å². The van der Waals surface area contributed by atoms with E-state index >= 15 is 0 Å². The predicted octanol–water partition coefficient (Wildman–Crippen LogP) is 3.08. The van der Waals surface area contributed by atoms with E-state index in [0.717, 1.165) is 5.92 Å². The molecule has 0 aromatic carbocycles. The number of hydrogen-bond acceptors (Lipinski definition) is 0. The lowest BCUT2D eigenvalue weighted by atomic mass is 9.90. The summed E-state index contributed by atoms with van der Waals surface area (Å²) in [6, 6.07) is 0. The summed E-state index contributed by atoms with van der Waals surface area (Å²) in [6.45, 7) is 4.68. The maximum atomic E-state index is 2.36. The van der Waals surface area contributed by atoms with Gasteiger partial charge in [-0.15, -0.1) is 0 Å². The van der Waals surface area contributed by atoms with Crippen molar-refractivity contribution in [2.45, 2.75) is 39.5 Å². The van der Waals surface area contributed by atoms with Crippen LogP contribution in [-0.4, -0.2) is 0 Å². The summed E-state index contributed by atoms with van der Waals surface area (Å²) < 4.78 is 0. The third kappa shape index (κ3) is 0.889. The third-order valence-electron chi connectivity index (χ3n) is 3.47. The van der Waals surface area contributed by atoms with Gasteiger partial charge in [0.25, 0.3) is 0 Å². The van der Waals surface area contributed by atoms with Gasteiger partial charge >= 0.3 is 0 Å². The zero-order valence-electron chi connectivity index (χ0n) is 7.14. The van der Waals surface area contributed by atoms with Gasteiger partial charge in [-0.3, -0.25) is 0 Å². The van der Waals surface area contributed by atoms with Crippen molar-refractivity contribution < 1.29 is 0 Å². The summed E-state index contributed by atoms with van der Waals surface area (Å²) in [5, 5.41) is 0. The summed E-state index contributed by atoms with van der Waals surface area (Å²) in [5.41, 5.74) is 0. The Hall–Kier alpha value is 0. The maximum absolute atomic E-state index is 2.36. The van der Waals surface area contributed by atoms with Crippen molar-refractivity contribution in [2.24, 2.45) is 23.7 Å². The molecule has 10 heavy (non-hydrogen) atoms. The van der Waals surface area contributed by atoms with Crippen LogP contribution in [0.3, 0.4) is 0 Å². The van der Waals surface area contributed by atoms with Crippen LogP contribution in [0.2, 0.25) is 0 Å². The molecule has 0 bridgehead atoms. The van der Waals surface area contributed by atoms with E-state index in [1.807, 2.05) is 0 Å². The summed E-state index contributed by atoms with van der Waals surface area (Å²) >= 11 is 0. The fraction of sp³-hybridized carbons (Fsp3) is 1.00. The largest absolute Gasteiger partial charge is 0.0654 e. The van der Waals surface area contributed by atoms with Crippen LogP contribution in [0.5, 0.6) is 0 Å². The van der Waals surface area contributed by atoms with Gasteiger partial charge in [-0.25, -0.2) is 0 Å². The van der Waals surface area contributed by atoms with Gasteiger partial charge in [0, 0.05) is 0 Å². The average Bonchev–Trinajstić information content (AvgIpc) is 2.72. The molecule has 0 nitrogen and oxygen atoms in total. The molecule has 0 radical (unpaired) electrons. The van der Waals surface area contributed by atoms with Crippen LogP contribution < -0.4 is 0 Å². The van der Waals surface area contributed by atoms with Gasteiger partial charge in [-0.2, -0.15) is 0 Å². The van der Waals surface area contributed by atoms with Gasteiger partial charge < -0.3 is 0 Å². The molecular formula is C10H18. The first kappa shape index (κ1) is 6.69. The molecule has 0 N–H and O–H groups in total. The zero-order valence-corrected chi connectivity index (χ0v) is 7.14. The second-order valence-corrected chi connectivity index (χ2v) is 4.10. The molecule has 0 spiro atoms. The molecule has 58 valence electrons. The molecule has 0 amide bonds. The third-order valence-corrected chi connectivity index (χ3v) is 3.47. The molecule has 0 aromatic rings. The van der Waals surface area contributed by atoms with Crippen molar-refractivity contribution in [3.05, 3.63) is 0 Å². The minimum absolute atomic E-state index is 1.11. The lowest BCUT2D eigenvalue weighted by Crippen LogP contribution is -2.06. The quantitative estimate of drug-likeness (QED) is 0.560. The number of rotatable bonds is 4. The van der Waals surface area contributed by atoms with Crippen molar-refractivity contribution in [3.8, 4) is 0 Å². The molecule has 0 aromatic heterocycles. The molecule has 2 aliphatic rings. The van der Waals surface area contributed by atoms with Crippen molar-refractivity contribution in [3.63, 3.8) is 0 Å². The summed E-state index contributed by atoms with van der Waals surface area (Å²) in [5.74, 6) is 4.74. The first-order valence-electron chi connectivity index (χ1n) is 4.88. The Kier molecular flexibility index (Phi) is 1.51. The van der Waals surface area contributed by atoms with E-state index in [2.05, 4.69) is 13.8 Å². The molecule has 2 fully saturated rings. The van der Waals surface area contributed by atoms with Gasteiger partial charge in [0.05, 0.1) is 0 Å². The minimum atomic E-state index is 1.11. The molecule has 3 atom stereocenters. The standard InChI is InChI=1S/C10H18/c1-3-5-7(4-2)10-8-6-9(8)10/h7-10H,3-6H2,1-2H3. The van der Waals surface area contributed by atoms with E-state index in [4.69, 9.17) is 0 Å². The average molecular weight is 138 g/mol. The van der Waals surface area contributed by atoms with Crippen LogP contribution >= 0.6 is 0 Å². The normalized spacial score (nSPS) is 44.4. The summed E-state index contributed by atoms with van der Waals surface area (Å²) in [4.78, 5) is 0. The molecule has 3 unspecified atom stereocenters. The monoisotopic (exact) mass is 138 g/mol. The van der Waals surface area contributed by atoms with Crippen molar-refractivity contribution in [1.82, 2.24) is 0 Å². The van der Waals surface area contributed by atoms with E-state index in [-0.39, 0.29) is 0 Å². The van der Waals surface area contributed by atoms with Crippen molar-refractivity contribution >= 4 is 0 Å². The highest BCUT2D eigenvalue weighted by molar-refractivity contribution is 5.13. The lowest BCUT2D eigenvalue weighted by molar-refractivity contribution is 0.346. The Morgan fingerprint density at radius 2 is 2.00 bits per heavy atom. The topological polar surface area (TPSA) is 0 Å². The maximum Gasteiger partial charge on any atom is -0.0323 e. The van der Waals surface area contributed by atoms with Crippen molar-refractivity contribution in [2.75, 3.05) is 0 Å². The minimum Gasteiger partial charge on any atom is -0.0654 e. The van der Waals surface area contributed by atoms with Crippen molar-refractivity contribution in [1.29, 1.82) is 0 Å². The highest BCUT2D eigenvalue weighted by Gasteiger charge is 2.65. The van der Waals surface area contributed by atoms with Crippen LogP contribution in [0.4, 0.5) is 0 Å². The number of hydrogen-bond donors (Lipinski definition) is 0. The highest BCUT2D eigenvalue weighted by Crippen LogP contribution is 2.71. The lowest BCUT2D eigenvalue weighted by Gasteiger charge is -2.15. The molecule has 2 rings (SSSR count). The Balaban J connectivity index is 1.76. The van der Waals surface area contributed by atoms with E-state index in [9.17, 15) is 0 Å². The molecule has 0 heteroatoms. The summed E-state index contributed by atoms with van der Waals surface area (Å²) in [7, 11) is 0. The van der Waals surface area contributed by atoms with Crippen LogP contribution in [0.25, 0.3) is 0 Å². The zero-order chi connectivity index (χ0) is 7.14. The van der Waals surface area contributed by atoms with E-state index in [0.29, 0.717) is 0 Å². The molecule has 0 heterocycles. The smallest absolute Gasteiger partial charge is 0.0323 e. The molecular weight excluding hydrogens is 120 g/mol. The number of fused-ring (bicyclic) bond motifs is 1. The predicted molar refractivity (Wildman–Crippen MR) is 43.8 cm³/mol. The Morgan fingerprint density at radius 3 is 2.30 bits per heavy atom. The van der Waals surface area contributed by atoms with Gasteiger partial charge in [0.1, 0.15) is 0 Å². The van der Waals surface area contributed by atoms with Crippen LogP contribution in [0, 0.1) is 23.7 Å². The van der Waals surface area contributed by atoms with Crippen LogP contribution in [-0.2, 0) is 0 Å². The Labute approximate surface area is 64.0 Å². The second-order valence-electron chi connectivity index (χ2n) is 4.10. The van der Waals surface area contributed by atoms with Gasteiger partial charge in [-0.05, 0) is 30.1 Å². The highest BCUT2D eigenvalue weighted by atomic mass is 14.7. The van der Waals surface area contributed by atoms with Crippen LogP contribution in [0.15, 0.2) is 0 Å². The fourth-order valence-electron chi connectivity index (χ4n) is 2.57. The van der Waals surface area contributed by atoms with Gasteiger partial charge in [-0.1, -0.05) is 33.1 Å². The first-order valence-corrected chi connectivity index (χ1v) is 4.88. The molecule has 2 aliphatic carbocycles. The van der Waals surface area contributed by atoms with Gasteiger partial charge in [0.15, 0.2) is 0 Å². The Bertz CT molecular complexity index is 120. The van der Waals surface area contributed by atoms with Crippen LogP contribution in [0.1, 0.15) is 39.5 Å². The van der Waals surface area contributed by atoms with E-state index in [1.165, 1.54) is 37.0 Å². The SMILES string of the molecule is CCCC(CC)C1C2CC21. The fourth-order valence-corrected chi connectivity index (χ4v) is 2.57. The molecule has 2 saturated carbocycles. The first-order chi connectivity index (χ1) is 4.88. The molecule has 0 saturated heterocycles. The summed E-state index contributed by atoms with van der Waals surface area (Å²) in [6.07, 6.45) is 5.92. The van der Waals surface area contributed by atoms with Gasteiger partial charge in [0.2, 0.25) is 0 Å². The van der Waals surface area contributed by atoms with E-state index in [1.54, 1.807) is 6.42 Å². The Morgan fingerprint density at radius 1 is 1.30 bits per heavy atom. The molecule has 0 aliphatic heterocycles. The second kappa shape index (κ2) is 2.25.